The monoisotopic (exact) mass is 297 g/mol. The van der Waals surface area contributed by atoms with E-state index in [0.717, 1.165) is 6.42 Å². The first-order chi connectivity index (χ1) is 6.30. The molecule has 82 valence electrons. The summed E-state index contributed by atoms with van der Waals surface area (Å²) in [6, 6.07) is 0. The number of halogens is 5. The van der Waals surface area contributed by atoms with Gasteiger partial charge in [0, 0.05) is 0 Å². The Labute approximate surface area is 107 Å². The highest BCUT2D eigenvalue weighted by Crippen LogP contribution is 2.48. The number of hydrogen-bond acceptors (Lipinski definition) is 3. The van der Waals surface area contributed by atoms with Crippen LogP contribution in [0, 0.1) is 0 Å². The lowest BCUT2D eigenvalue weighted by Gasteiger charge is -2.38. The zero-order valence-corrected chi connectivity index (χ0v) is 10.9. The smallest absolute Gasteiger partial charge is 0.241 e. The maximum atomic E-state index is 5.96. The first-order valence-corrected chi connectivity index (χ1v) is 5.71. The van der Waals surface area contributed by atoms with Gasteiger partial charge in [-0.1, -0.05) is 64.9 Å². The number of rotatable bonds is 2. The van der Waals surface area contributed by atoms with Gasteiger partial charge in [-0.05, 0) is 6.42 Å². The summed E-state index contributed by atoms with van der Waals surface area (Å²) in [7, 11) is 0. The van der Waals surface area contributed by atoms with Crippen molar-refractivity contribution in [1.29, 1.82) is 0 Å². The Morgan fingerprint density at radius 2 is 1.93 bits per heavy atom. The molecule has 0 aromatic rings. The first kappa shape index (κ1) is 12.8. The Bertz CT molecular complexity index is 236. The van der Waals surface area contributed by atoms with Crippen molar-refractivity contribution in [2.45, 2.75) is 27.8 Å². The van der Waals surface area contributed by atoms with Crippen molar-refractivity contribution in [2.24, 2.45) is 5.10 Å². The average Bonchev–Trinajstić information content (AvgIpc) is 2.49. The summed E-state index contributed by atoms with van der Waals surface area (Å²) in [6.07, 6.45) is 1.97. The summed E-state index contributed by atoms with van der Waals surface area (Å²) in [4.78, 5) is 1.46. The molecule has 14 heavy (non-hydrogen) atoms. The van der Waals surface area contributed by atoms with E-state index in [-0.39, 0.29) is 6.17 Å². The van der Waals surface area contributed by atoms with E-state index in [1.807, 2.05) is 6.92 Å². The summed E-state index contributed by atoms with van der Waals surface area (Å²) >= 11 is 28.9. The summed E-state index contributed by atoms with van der Waals surface area (Å²) in [5.74, 6) is 0. The number of nitrogens with zero attached hydrogens (tertiary/aromatic N) is 2. The molecule has 8 heteroatoms. The van der Waals surface area contributed by atoms with Crippen LogP contribution in [0.5, 0.6) is 0 Å². The van der Waals surface area contributed by atoms with Crippen LogP contribution in [0.2, 0.25) is 0 Å². The molecule has 0 saturated heterocycles. The Morgan fingerprint density at radius 1 is 1.36 bits per heavy atom. The van der Waals surface area contributed by atoms with Gasteiger partial charge in [0.05, 0.1) is 0 Å². The van der Waals surface area contributed by atoms with Gasteiger partial charge in [-0.2, -0.15) is 5.10 Å². The maximum absolute atomic E-state index is 5.96. The van der Waals surface area contributed by atoms with Gasteiger partial charge in [0.1, 0.15) is 12.5 Å². The summed E-state index contributed by atoms with van der Waals surface area (Å²) in [5, 5.41) is 3.80. The van der Waals surface area contributed by atoms with E-state index in [4.69, 9.17) is 58.0 Å². The molecule has 0 spiro atoms. The molecule has 0 bridgehead atoms. The molecule has 0 amide bonds. The van der Waals surface area contributed by atoms with Gasteiger partial charge in [-0.25, -0.2) is 0 Å². The minimum atomic E-state index is -1.82. The van der Waals surface area contributed by atoms with Crippen LogP contribution in [0.15, 0.2) is 5.10 Å². The molecular formula is C6H8Cl5N3. The molecule has 0 aromatic heterocycles. The third-order valence-corrected chi connectivity index (χ3v) is 4.15. The molecular weight excluding hydrogens is 291 g/mol. The highest BCUT2D eigenvalue weighted by Gasteiger charge is 2.52. The number of hydrazone groups is 1. The highest BCUT2D eigenvalue weighted by atomic mass is 35.6. The van der Waals surface area contributed by atoms with E-state index < -0.39 is 8.25 Å². The number of nitrogens with one attached hydrogen (secondary N) is 1. The lowest BCUT2D eigenvalue weighted by molar-refractivity contribution is 0.256. The Hall–Kier alpha value is 0.720. The van der Waals surface area contributed by atoms with E-state index in [0.29, 0.717) is 0 Å². The predicted octanol–water partition coefficient (Wildman–Crippen LogP) is 3.07. The van der Waals surface area contributed by atoms with E-state index in [1.165, 1.54) is 11.2 Å². The molecule has 1 atom stereocenters. The van der Waals surface area contributed by atoms with Crippen LogP contribution in [-0.4, -0.2) is 25.7 Å². The number of alkyl halides is 5. The fraction of sp³-hybridized carbons (Fsp3) is 0.833. The van der Waals surface area contributed by atoms with Crippen molar-refractivity contribution in [3.8, 4) is 0 Å². The molecule has 0 aliphatic carbocycles. The van der Waals surface area contributed by atoms with Crippen LogP contribution in [0.4, 0.5) is 0 Å². The van der Waals surface area contributed by atoms with Crippen LogP contribution in [0.1, 0.15) is 13.3 Å². The molecule has 1 aliphatic heterocycles. The van der Waals surface area contributed by atoms with Crippen LogP contribution in [0.25, 0.3) is 0 Å². The van der Waals surface area contributed by atoms with E-state index >= 15 is 0 Å². The molecule has 3 nitrogen and oxygen atoms in total. The second kappa shape index (κ2) is 4.30. The van der Waals surface area contributed by atoms with Gasteiger partial charge in [0.2, 0.25) is 8.25 Å². The fourth-order valence-electron chi connectivity index (χ4n) is 1.03. The van der Waals surface area contributed by atoms with Crippen LogP contribution in [0.3, 0.4) is 0 Å². The molecule has 0 fully saturated rings. The Morgan fingerprint density at radius 3 is 2.36 bits per heavy atom. The third-order valence-electron chi connectivity index (χ3n) is 1.79. The van der Waals surface area contributed by atoms with Crippen LogP contribution < -0.4 is 5.43 Å². The zero-order chi connectivity index (χ0) is 11.0. The van der Waals surface area contributed by atoms with E-state index in [9.17, 15) is 0 Å². The fourth-order valence-corrected chi connectivity index (χ4v) is 1.64. The first-order valence-electron chi connectivity index (χ1n) is 3.82. The van der Waals surface area contributed by atoms with E-state index in [1.54, 1.807) is 0 Å². The maximum Gasteiger partial charge on any atom is 0.241 e. The normalized spacial score (nSPS) is 22.7. The second-order valence-corrected chi connectivity index (χ2v) is 6.31. The summed E-state index contributed by atoms with van der Waals surface area (Å²) in [6.45, 7) is 1.93. The average molecular weight is 299 g/mol. The summed E-state index contributed by atoms with van der Waals surface area (Å²) in [5.41, 5.74) is 2.79. The molecule has 0 radical (unpaired) electrons. The quantitative estimate of drug-likeness (QED) is 0.627. The Kier molecular flexibility index (Phi) is 3.93. The van der Waals surface area contributed by atoms with Crippen molar-refractivity contribution >= 4 is 64.3 Å². The minimum Gasteiger partial charge on any atom is -0.304 e. The van der Waals surface area contributed by atoms with Gasteiger partial charge < -0.3 is 4.90 Å². The van der Waals surface area contributed by atoms with Gasteiger partial charge >= 0.3 is 0 Å². The Balaban J connectivity index is 2.86. The lowest BCUT2D eigenvalue weighted by atomic mass is 10.3. The van der Waals surface area contributed by atoms with Crippen molar-refractivity contribution in [1.82, 2.24) is 10.3 Å². The molecule has 1 N–H and O–H groups in total. The minimum absolute atomic E-state index is 0.166. The molecule has 1 rings (SSSR count). The SMILES string of the molecule is CCC1NN=CN1C(Cl)(Cl)C(Cl)(Cl)Cl. The highest BCUT2D eigenvalue weighted by molar-refractivity contribution is 6.75. The van der Waals surface area contributed by atoms with Gasteiger partial charge in [0.15, 0.2) is 0 Å². The molecule has 0 saturated carbocycles. The zero-order valence-electron chi connectivity index (χ0n) is 7.15. The van der Waals surface area contributed by atoms with Gasteiger partial charge in [0.25, 0.3) is 0 Å². The third kappa shape index (κ3) is 2.27. The summed E-state index contributed by atoms with van der Waals surface area (Å²) < 4.78 is -3.47. The molecule has 1 aliphatic rings. The van der Waals surface area contributed by atoms with Crippen LogP contribution >= 0.6 is 58.0 Å². The van der Waals surface area contributed by atoms with Crippen molar-refractivity contribution in [2.75, 3.05) is 0 Å². The largest absolute Gasteiger partial charge is 0.304 e. The van der Waals surface area contributed by atoms with Gasteiger partial charge in [-0.15, -0.1) is 0 Å². The van der Waals surface area contributed by atoms with Crippen LogP contribution in [-0.2, 0) is 0 Å². The number of hydrogen-bond donors (Lipinski definition) is 1. The second-order valence-electron chi connectivity index (χ2n) is 2.74. The van der Waals surface area contributed by atoms with Gasteiger partial charge in [-0.3, -0.25) is 5.43 Å². The van der Waals surface area contributed by atoms with Crippen molar-refractivity contribution in [3.05, 3.63) is 0 Å². The standard InChI is InChI=1S/C6H8Cl5N3/c1-2-4-13-12-3-14(4)6(10,11)5(7,8)9/h3-4,13H,2H2,1H3. The molecule has 0 aromatic carbocycles. The topological polar surface area (TPSA) is 27.6 Å². The molecule has 1 heterocycles. The van der Waals surface area contributed by atoms with E-state index in [2.05, 4.69) is 10.5 Å². The molecule has 1 unspecified atom stereocenters. The van der Waals surface area contributed by atoms with Crippen molar-refractivity contribution < 1.29 is 0 Å². The lowest BCUT2D eigenvalue weighted by Crippen LogP contribution is -2.53. The van der Waals surface area contributed by atoms with Crippen molar-refractivity contribution in [3.63, 3.8) is 0 Å². The predicted molar refractivity (Wildman–Crippen MR) is 62.3 cm³/mol.